The molecule has 0 amide bonds. The van der Waals surface area contributed by atoms with Gasteiger partial charge in [0.2, 0.25) is 0 Å². The van der Waals surface area contributed by atoms with Crippen molar-refractivity contribution in [1.82, 2.24) is 4.90 Å². The Morgan fingerprint density at radius 1 is 1.27 bits per heavy atom. The minimum absolute atomic E-state index is 0.111. The molecular weight excluding hydrogens is 391 g/mol. The molecule has 3 nitrogen and oxygen atoms in total. The normalized spacial score (nSPS) is 25.2. The lowest BCUT2D eigenvalue weighted by molar-refractivity contribution is -0.138. The number of aryl methyl sites for hydroxylation is 1. The highest BCUT2D eigenvalue weighted by molar-refractivity contribution is 5.66. The molecular formula is C24H30F3NO2. The SMILES string of the molecule is CC1=CCC([C@H]2C[C@@H](CCC(=O)O)CCN2Cc2cc(C)ccc2C(F)(F)F)C=C1. The smallest absolute Gasteiger partial charge is 0.416 e. The first-order chi connectivity index (χ1) is 14.1. The van der Waals surface area contributed by atoms with E-state index in [1.54, 1.807) is 6.07 Å². The van der Waals surface area contributed by atoms with Gasteiger partial charge in [0.05, 0.1) is 5.56 Å². The molecule has 1 aliphatic heterocycles. The zero-order valence-corrected chi connectivity index (χ0v) is 17.6. The summed E-state index contributed by atoms with van der Waals surface area (Å²) in [5, 5.41) is 9.03. The van der Waals surface area contributed by atoms with E-state index in [-0.39, 0.29) is 24.9 Å². The van der Waals surface area contributed by atoms with Gasteiger partial charge in [-0.1, -0.05) is 41.5 Å². The van der Waals surface area contributed by atoms with Crippen molar-refractivity contribution in [2.24, 2.45) is 11.8 Å². The lowest BCUT2D eigenvalue weighted by Crippen LogP contribution is -2.46. The number of carbonyl (C=O) groups is 1. The standard InChI is InChI=1S/C24H30F3NO2/c1-16-3-7-19(8-4-16)22-14-18(6-10-23(29)30)11-12-28(22)15-20-13-17(2)5-9-21(20)24(25,26)27/h3-5,7,9,13,18-19,22H,6,8,10-12,14-15H2,1-2H3,(H,29,30)/t18-,19?,22+/m0/s1. The maximum Gasteiger partial charge on any atom is 0.416 e. The van der Waals surface area contributed by atoms with Gasteiger partial charge in [0.15, 0.2) is 0 Å². The number of benzene rings is 1. The van der Waals surface area contributed by atoms with E-state index < -0.39 is 17.7 Å². The second kappa shape index (κ2) is 9.38. The number of nitrogens with zero attached hydrogens (tertiary/aromatic N) is 1. The van der Waals surface area contributed by atoms with E-state index in [1.165, 1.54) is 17.7 Å². The third-order valence-corrected chi connectivity index (χ3v) is 6.39. The minimum Gasteiger partial charge on any atom is -0.481 e. The molecule has 30 heavy (non-hydrogen) atoms. The number of likely N-dealkylation sites (tertiary alicyclic amines) is 1. The molecule has 1 N–H and O–H groups in total. The van der Waals surface area contributed by atoms with Gasteiger partial charge < -0.3 is 5.11 Å². The van der Waals surface area contributed by atoms with E-state index in [9.17, 15) is 18.0 Å². The van der Waals surface area contributed by atoms with E-state index in [0.717, 1.165) is 24.8 Å². The van der Waals surface area contributed by atoms with E-state index in [0.29, 0.717) is 24.4 Å². The summed E-state index contributed by atoms with van der Waals surface area (Å²) in [6.45, 7) is 4.81. The van der Waals surface area contributed by atoms with Crippen molar-refractivity contribution < 1.29 is 23.1 Å². The van der Waals surface area contributed by atoms with Gasteiger partial charge in [-0.2, -0.15) is 13.2 Å². The van der Waals surface area contributed by atoms with E-state index in [1.807, 2.05) is 13.8 Å². The molecule has 1 aliphatic carbocycles. The van der Waals surface area contributed by atoms with Crippen molar-refractivity contribution in [2.45, 2.75) is 64.7 Å². The van der Waals surface area contributed by atoms with E-state index in [4.69, 9.17) is 5.11 Å². The first-order valence-corrected chi connectivity index (χ1v) is 10.6. The van der Waals surface area contributed by atoms with Gasteiger partial charge >= 0.3 is 12.1 Å². The predicted octanol–water partition coefficient (Wildman–Crippen LogP) is 5.98. The highest BCUT2D eigenvalue weighted by Gasteiger charge is 2.37. The Balaban J connectivity index is 1.83. The molecule has 0 bridgehead atoms. The van der Waals surface area contributed by atoms with Crippen LogP contribution < -0.4 is 0 Å². The molecule has 3 rings (SSSR count). The number of piperidine rings is 1. The topological polar surface area (TPSA) is 40.5 Å². The molecule has 1 fully saturated rings. The highest BCUT2D eigenvalue weighted by atomic mass is 19.4. The van der Waals surface area contributed by atoms with Crippen molar-refractivity contribution in [1.29, 1.82) is 0 Å². The fourth-order valence-corrected chi connectivity index (χ4v) is 4.73. The van der Waals surface area contributed by atoms with Gasteiger partial charge in [-0.05, 0) is 69.5 Å². The Bertz CT molecular complexity index is 828. The molecule has 1 unspecified atom stereocenters. The van der Waals surface area contributed by atoms with Gasteiger partial charge in [0, 0.05) is 19.0 Å². The Kier molecular flexibility index (Phi) is 7.06. The number of allylic oxidation sites excluding steroid dienone is 3. The molecule has 6 heteroatoms. The number of hydrogen-bond donors (Lipinski definition) is 1. The van der Waals surface area contributed by atoms with Crippen molar-refractivity contribution in [2.75, 3.05) is 6.54 Å². The van der Waals surface area contributed by atoms with Crippen LogP contribution in [0.4, 0.5) is 13.2 Å². The Hall–Kier alpha value is -2.08. The number of alkyl halides is 3. The maximum absolute atomic E-state index is 13.6. The molecule has 2 aliphatic rings. The van der Waals surface area contributed by atoms with Crippen LogP contribution in [0.25, 0.3) is 0 Å². The Labute approximate surface area is 176 Å². The number of rotatable bonds is 6. The fourth-order valence-electron chi connectivity index (χ4n) is 4.73. The zero-order chi connectivity index (χ0) is 21.9. The van der Waals surface area contributed by atoms with Crippen molar-refractivity contribution in [3.63, 3.8) is 0 Å². The van der Waals surface area contributed by atoms with Gasteiger partial charge in [-0.25, -0.2) is 0 Å². The number of carboxylic acid groups (broad SMARTS) is 1. The number of aliphatic carboxylic acids is 1. The third-order valence-electron chi connectivity index (χ3n) is 6.39. The second-order valence-corrected chi connectivity index (χ2v) is 8.73. The summed E-state index contributed by atoms with van der Waals surface area (Å²) in [6, 6.07) is 4.46. The molecule has 0 spiro atoms. The predicted molar refractivity (Wildman–Crippen MR) is 111 cm³/mol. The maximum atomic E-state index is 13.6. The summed E-state index contributed by atoms with van der Waals surface area (Å²) in [6.07, 6.45) is 5.35. The summed E-state index contributed by atoms with van der Waals surface area (Å²) in [7, 11) is 0. The molecule has 1 saturated heterocycles. The summed E-state index contributed by atoms with van der Waals surface area (Å²) in [5.74, 6) is -0.262. The number of hydrogen-bond acceptors (Lipinski definition) is 2. The summed E-state index contributed by atoms with van der Waals surface area (Å²) in [4.78, 5) is 13.2. The summed E-state index contributed by atoms with van der Waals surface area (Å²) < 4.78 is 40.7. The molecule has 1 heterocycles. The lowest BCUT2D eigenvalue weighted by Gasteiger charge is -2.43. The van der Waals surface area contributed by atoms with Crippen LogP contribution >= 0.6 is 0 Å². The summed E-state index contributed by atoms with van der Waals surface area (Å²) >= 11 is 0. The summed E-state index contributed by atoms with van der Waals surface area (Å²) in [5.41, 5.74) is 1.79. The van der Waals surface area contributed by atoms with E-state index in [2.05, 4.69) is 23.1 Å². The quantitative estimate of drug-likeness (QED) is 0.614. The molecule has 164 valence electrons. The molecule has 0 aromatic heterocycles. The molecule has 1 aromatic carbocycles. The van der Waals surface area contributed by atoms with Crippen molar-refractivity contribution in [3.8, 4) is 0 Å². The van der Waals surface area contributed by atoms with Crippen molar-refractivity contribution in [3.05, 3.63) is 58.7 Å². The number of carboxylic acids is 1. The van der Waals surface area contributed by atoms with Crippen LogP contribution in [0.3, 0.4) is 0 Å². The third kappa shape index (κ3) is 5.75. The van der Waals surface area contributed by atoms with Crippen LogP contribution in [0.5, 0.6) is 0 Å². The minimum atomic E-state index is -4.37. The molecule has 1 aromatic rings. The van der Waals surface area contributed by atoms with Crippen LogP contribution in [-0.4, -0.2) is 28.6 Å². The van der Waals surface area contributed by atoms with Gasteiger partial charge in [-0.3, -0.25) is 9.69 Å². The zero-order valence-electron chi connectivity index (χ0n) is 17.6. The molecule has 0 radical (unpaired) electrons. The average Bonchev–Trinajstić information content (AvgIpc) is 2.67. The van der Waals surface area contributed by atoms with E-state index >= 15 is 0 Å². The van der Waals surface area contributed by atoms with Crippen molar-refractivity contribution >= 4 is 5.97 Å². The average molecular weight is 422 g/mol. The largest absolute Gasteiger partial charge is 0.481 e. The van der Waals surface area contributed by atoms with Crippen LogP contribution in [0.2, 0.25) is 0 Å². The van der Waals surface area contributed by atoms with Crippen LogP contribution in [0.1, 0.15) is 55.7 Å². The lowest BCUT2D eigenvalue weighted by atomic mass is 9.79. The number of halogens is 3. The second-order valence-electron chi connectivity index (χ2n) is 8.73. The molecule has 0 saturated carbocycles. The van der Waals surface area contributed by atoms with Gasteiger partial charge in [0.1, 0.15) is 0 Å². The first kappa shape index (κ1) is 22.6. The Morgan fingerprint density at radius 2 is 2.03 bits per heavy atom. The monoisotopic (exact) mass is 421 g/mol. The van der Waals surface area contributed by atoms with Gasteiger partial charge in [-0.15, -0.1) is 0 Å². The Morgan fingerprint density at radius 3 is 2.67 bits per heavy atom. The van der Waals surface area contributed by atoms with Crippen LogP contribution in [-0.2, 0) is 17.5 Å². The molecule has 3 atom stereocenters. The first-order valence-electron chi connectivity index (χ1n) is 10.6. The van der Waals surface area contributed by atoms with Gasteiger partial charge in [0.25, 0.3) is 0 Å². The highest BCUT2D eigenvalue weighted by Crippen LogP contribution is 2.37. The van der Waals surface area contributed by atoms with Crippen LogP contribution in [0, 0.1) is 18.8 Å². The fraction of sp³-hybridized carbons (Fsp3) is 0.542. The van der Waals surface area contributed by atoms with Crippen LogP contribution in [0.15, 0.2) is 42.0 Å².